The minimum Gasteiger partial charge on any atom is -0.304 e. The summed E-state index contributed by atoms with van der Waals surface area (Å²) in [4.78, 5) is 4.37. The second-order valence-corrected chi connectivity index (χ2v) is 4.92. The van der Waals surface area contributed by atoms with Gasteiger partial charge in [0, 0.05) is 18.1 Å². The zero-order valence-corrected chi connectivity index (χ0v) is 8.99. The summed E-state index contributed by atoms with van der Waals surface area (Å²) in [5.74, 6) is 0. The summed E-state index contributed by atoms with van der Waals surface area (Å²) in [6, 6.07) is 6.09. The van der Waals surface area contributed by atoms with E-state index in [1.54, 1.807) is 0 Å². The Balaban J connectivity index is 0.00000112. The number of imidazole rings is 1. The SMILES string of the molecule is C.CC(C)(C)Cc1cnc2ccccn12. The van der Waals surface area contributed by atoms with Crippen molar-refractivity contribution in [3.8, 4) is 0 Å². The highest BCUT2D eigenvalue weighted by Gasteiger charge is 2.13. The molecular formula is C13H20N2. The number of pyridine rings is 1. The van der Waals surface area contributed by atoms with Crippen LogP contribution in [0.4, 0.5) is 0 Å². The van der Waals surface area contributed by atoms with E-state index in [4.69, 9.17) is 0 Å². The molecule has 82 valence electrons. The topological polar surface area (TPSA) is 17.3 Å². The molecule has 2 aromatic rings. The fraction of sp³-hybridized carbons (Fsp3) is 0.462. The van der Waals surface area contributed by atoms with Crippen LogP contribution in [0.5, 0.6) is 0 Å². The first-order valence-corrected chi connectivity index (χ1v) is 4.97. The van der Waals surface area contributed by atoms with Crippen molar-refractivity contribution in [2.75, 3.05) is 0 Å². The largest absolute Gasteiger partial charge is 0.304 e. The molecule has 0 saturated carbocycles. The summed E-state index contributed by atoms with van der Waals surface area (Å²) in [6.07, 6.45) is 5.10. The highest BCUT2D eigenvalue weighted by Crippen LogP contribution is 2.20. The zero-order valence-electron chi connectivity index (χ0n) is 8.99. The third-order valence-corrected chi connectivity index (χ3v) is 2.21. The first-order valence-electron chi connectivity index (χ1n) is 4.97. The smallest absolute Gasteiger partial charge is 0.136 e. The number of hydrogen-bond donors (Lipinski definition) is 0. The van der Waals surface area contributed by atoms with E-state index in [1.807, 2.05) is 24.4 Å². The van der Waals surface area contributed by atoms with E-state index in [9.17, 15) is 0 Å². The van der Waals surface area contributed by atoms with E-state index in [-0.39, 0.29) is 7.43 Å². The second kappa shape index (κ2) is 4.05. The average molecular weight is 204 g/mol. The van der Waals surface area contributed by atoms with Crippen molar-refractivity contribution in [1.29, 1.82) is 0 Å². The first kappa shape index (κ1) is 11.8. The Kier molecular flexibility index (Phi) is 3.18. The third-order valence-electron chi connectivity index (χ3n) is 2.21. The van der Waals surface area contributed by atoms with Crippen molar-refractivity contribution in [2.45, 2.75) is 34.6 Å². The minimum absolute atomic E-state index is 0. The molecule has 15 heavy (non-hydrogen) atoms. The van der Waals surface area contributed by atoms with Gasteiger partial charge in [0.15, 0.2) is 0 Å². The summed E-state index contributed by atoms with van der Waals surface area (Å²) < 4.78 is 2.16. The molecule has 2 heterocycles. The number of fused-ring (bicyclic) bond motifs is 1. The lowest BCUT2D eigenvalue weighted by molar-refractivity contribution is 0.405. The molecule has 2 nitrogen and oxygen atoms in total. The molecule has 0 radical (unpaired) electrons. The van der Waals surface area contributed by atoms with Crippen LogP contribution in [0, 0.1) is 5.41 Å². The Morgan fingerprint density at radius 3 is 2.67 bits per heavy atom. The molecule has 0 aliphatic heterocycles. The van der Waals surface area contributed by atoms with Crippen LogP contribution in [0.25, 0.3) is 5.65 Å². The van der Waals surface area contributed by atoms with Gasteiger partial charge in [-0.25, -0.2) is 4.98 Å². The van der Waals surface area contributed by atoms with Crippen LogP contribution in [0.1, 0.15) is 33.9 Å². The van der Waals surface area contributed by atoms with E-state index < -0.39 is 0 Å². The maximum Gasteiger partial charge on any atom is 0.136 e. The van der Waals surface area contributed by atoms with Crippen LogP contribution >= 0.6 is 0 Å². The van der Waals surface area contributed by atoms with Gasteiger partial charge < -0.3 is 4.40 Å². The Morgan fingerprint density at radius 1 is 1.27 bits per heavy atom. The molecule has 0 aromatic carbocycles. The monoisotopic (exact) mass is 204 g/mol. The Bertz CT molecular complexity index is 435. The molecule has 0 spiro atoms. The van der Waals surface area contributed by atoms with E-state index in [2.05, 4.69) is 36.4 Å². The fourth-order valence-corrected chi connectivity index (χ4v) is 1.66. The lowest BCUT2D eigenvalue weighted by Gasteiger charge is -2.17. The first-order chi connectivity index (χ1) is 6.56. The number of aromatic nitrogens is 2. The normalized spacial score (nSPS) is 11.4. The summed E-state index contributed by atoms with van der Waals surface area (Å²) in [5.41, 5.74) is 2.63. The Labute approximate surface area is 92.0 Å². The van der Waals surface area contributed by atoms with Crippen LogP contribution in [-0.4, -0.2) is 9.38 Å². The van der Waals surface area contributed by atoms with Gasteiger partial charge in [0.2, 0.25) is 0 Å². The van der Waals surface area contributed by atoms with Crippen LogP contribution in [-0.2, 0) is 6.42 Å². The van der Waals surface area contributed by atoms with E-state index in [0.717, 1.165) is 12.1 Å². The molecule has 2 heteroatoms. The molecule has 0 unspecified atom stereocenters. The summed E-state index contributed by atoms with van der Waals surface area (Å²) in [5, 5.41) is 0. The molecule has 0 amide bonds. The molecule has 0 saturated heterocycles. The predicted octanol–water partition coefficient (Wildman–Crippen LogP) is 3.56. The van der Waals surface area contributed by atoms with Crippen molar-refractivity contribution in [2.24, 2.45) is 5.41 Å². The molecule has 0 atom stereocenters. The van der Waals surface area contributed by atoms with Crippen LogP contribution < -0.4 is 0 Å². The lowest BCUT2D eigenvalue weighted by atomic mass is 9.91. The predicted molar refractivity (Wildman–Crippen MR) is 65.1 cm³/mol. The Hall–Kier alpha value is -1.31. The van der Waals surface area contributed by atoms with Gasteiger partial charge in [-0.2, -0.15) is 0 Å². The van der Waals surface area contributed by atoms with Gasteiger partial charge >= 0.3 is 0 Å². The number of hydrogen-bond acceptors (Lipinski definition) is 1. The summed E-state index contributed by atoms with van der Waals surface area (Å²) in [7, 11) is 0. The summed E-state index contributed by atoms with van der Waals surface area (Å²) in [6.45, 7) is 6.74. The van der Waals surface area contributed by atoms with Gasteiger partial charge in [0.1, 0.15) is 5.65 Å². The molecule has 0 aliphatic rings. The maximum atomic E-state index is 4.37. The maximum absolute atomic E-state index is 4.37. The molecule has 2 rings (SSSR count). The van der Waals surface area contributed by atoms with Gasteiger partial charge in [0.05, 0.1) is 0 Å². The van der Waals surface area contributed by atoms with Crippen LogP contribution in [0.2, 0.25) is 0 Å². The van der Waals surface area contributed by atoms with Crippen molar-refractivity contribution in [3.63, 3.8) is 0 Å². The second-order valence-electron chi connectivity index (χ2n) is 4.92. The average Bonchev–Trinajstić information content (AvgIpc) is 2.47. The van der Waals surface area contributed by atoms with Gasteiger partial charge in [-0.15, -0.1) is 0 Å². The van der Waals surface area contributed by atoms with Gasteiger partial charge in [0.25, 0.3) is 0 Å². The highest BCUT2D eigenvalue weighted by molar-refractivity contribution is 5.39. The molecule has 0 N–H and O–H groups in total. The Morgan fingerprint density at radius 2 is 2.00 bits per heavy atom. The molecular weight excluding hydrogens is 184 g/mol. The lowest BCUT2D eigenvalue weighted by Crippen LogP contribution is -2.10. The van der Waals surface area contributed by atoms with E-state index in [0.29, 0.717) is 5.41 Å². The fourth-order valence-electron chi connectivity index (χ4n) is 1.66. The quantitative estimate of drug-likeness (QED) is 0.694. The van der Waals surface area contributed by atoms with Crippen molar-refractivity contribution < 1.29 is 0 Å². The van der Waals surface area contributed by atoms with E-state index in [1.165, 1.54) is 5.69 Å². The van der Waals surface area contributed by atoms with Gasteiger partial charge in [-0.3, -0.25) is 0 Å². The molecule has 0 fully saturated rings. The molecule has 0 bridgehead atoms. The summed E-state index contributed by atoms with van der Waals surface area (Å²) >= 11 is 0. The van der Waals surface area contributed by atoms with Crippen molar-refractivity contribution >= 4 is 5.65 Å². The zero-order chi connectivity index (χ0) is 10.2. The number of nitrogens with zero attached hydrogens (tertiary/aromatic N) is 2. The van der Waals surface area contributed by atoms with Crippen LogP contribution in [0.3, 0.4) is 0 Å². The van der Waals surface area contributed by atoms with Crippen molar-refractivity contribution in [3.05, 3.63) is 36.3 Å². The number of rotatable bonds is 1. The molecule has 2 aromatic heterocycles. The standard InChI is InChI=1S/C12H16N2.CH4/c1-12(2,3)8-10-9-13-11-6-4-5-7-14(10)11;/h4-7,9H,8H2,1-3H3;1H4. The minimum atomic E-state index is 0. The third kappa shape index (κ3) is 2.58. The van der Waals surface area contributed by atoms with Crippen LogP contribution in [0.15, 0.2) is 30.6 Å². The van der Waals surface area contributed by atoms with Crippen molar-refractivity contribution in [1.82, 2.24) is 9.38 Å². The molecule has 0 aliphatic carbocycles. The van der Waals surface area contributed by atoms with Gasteiger partial charge in [-0.1, -0.05) is 34.3 Å². The highest BCUT2D eigenvalue weighted by atomic mass is 15.0. The van der Waals surface area contributed by atoms with Gasteiger partial charge in [-0.05, 0) is 24.0 Å². The van der Waals surface area contributed by atoms with E-state index >= 15 is 0 Å².